The molecule has 3 aromatic carbocycles. The molecule has 1 unspecified atom stereocenters. The highest BCUT2D eigenvalue weighted by Gasteiger charge is 2.31. The lowest BCUT2D eigenvalue weighted by Gasteiger charge is -2.34. The molecule has 3 N–H and O–H groups in total. The lowest BCUT2D eigenvalue weighted by Crippen LogP contribution is -2.41. The van der Waals surface area contributed by atoms with E-state index in [0.29, 0.717) is 22.4 Å². The van der Waals surface area contributed by atoms with Gasteiger partial charge in [0.2, 0.25) is 5.88 Å². The molecule has 1 aliphatic heterocycles. The Morgan fingerprint density at radius 3 is 2.49 bits per heavy atom. The van der Waals surface area contributed by atoms with Gasteiger partial charge in [-0.2, -0.15) is 4.99 Å². The molecule has 0 aliphatic carbocycles. The first-order valence-electron chi connectivity index (χ1n) is 10.6. The minimum absolute atomic E-state index is 0.0774. The van der Waals surface area contributed by atoms with Gasteiger partial charge >= 0.3 is 0 Å². The number of furan rings is 1. The van der Waals surface area contributed by atoms with Crippen LogP contribution in [0.25, 0.3) is 0 Å². The van der Waals surface area contributed by atoms with Crippen LogP contribution in [-0.4, -0.2) is 21.4 Å². The number of amidine groups is 1. The molecule has 0 fully saturated rings. The Balaban J connectivity index is 1.48. The second-order valence-corrected chi connectivity index (χ2v) is 9.89. The molecule has 0 amide bonds. The fraction of sp³-hybridized carbons (Fsp3) is 0.0800. The zero-order valence-corrected chi connectivity index (χ0v) is 20.1. The van der Waals surface area contributed by atoms with E-state index in [9.17, 15) is 8.42 Å². The lowest BCUT2D eigenvalue weighted by atomic mass is 10.1. The summed E-state index contributed by atoms with van der Waals surface area (Å²) >= 11 is 5.95. The van der Waals surface area contributed by atoms with Crippen LogP contribution in [0, 0.1) is 0 Å². The summed E-state index contributed by atoms with van der Waals surface area (Å²) in [5.41, 5.74) is 9.30. The van der Waals surface area contributed by atoms with Crippen LogP contribution in [0.2, 0.25) is 5.02 Å². The van der Waals surface area contributed by atoms with E-state index in [-0.39, 0.29) is 4.90 Å². The Morgan fingerprint density at radius 2 is 1.80 bits per heavy atom. The number of anilines is 2. The molecule has 35 heavy (non-hydrogen) atoms. The van der Waals surface area contributed by atoms with Crippen molar-refractivity contribution in [3.63, 3.8) is 0 Å². The molecule has 1 aromatic heterocycles. The summed E-state index contributed by atoms with van der Waals surface area (Å²) in [5.74, 6) is 1.76. The number of benzene rings is 3. The summed E-state index contributed by atoms with van der Waals surface area (Å²) in [6.07, 6.45) is 0.990. The maximum absolute atomic E-state index is 12.7. The van der Waals surface area contributed by atoms with Gasteiger partial charge in [0.25, 0.3) is 10.0 Å². The third-order valence-corrected chi connectivity index (χ3v) is 7.17. The van der Waals surface area contributed by atoms with Crippen LogP contribution in [0.15, 0.2) is 99.4 Å². The third-order valence-electron chi connectivity index (χ3n) is 5.56. The minimum atomic E-state index is -3.80. The van der Waals surface area contributed by atoms with Gasteiger partial charge in [-0.3, -0.25) is 4.72 Å². The number of methoxy groups -OCH3 is 1. The highest BCUT2D eigenvalue weighted by atomic mass is 35.5. The van der Waals surface area contributed by atoms with Crippen LogP contribution in [0.3, 0.4) is 0 Å². The molecule has 10 heteroatoms. The zero-order valence-electron chi connectivity index (χ0n) is 18.6. The van der Waals surface area contributed by atoms with Crippen molar-refractivity contribution in [1.29, 1.82) is 0 Å². The van der Waals surface area contributed by atoms with Gasteiger partial charge < -0.3 is 19.8 Å². The molecule has 0 spiro atoms. The number of aliphatic imine (C=N–C) groups is 1. The molecule has 0 bridgehead atoms. The third kappa shape index (κ3) is 4.49. The van der Waals surface area contributed by atoms with Gasteiger partial charge in [0, 0.05) is 22.0 Å². The SMILES string of the molecule is COc1ccc(C2=Nc3occc3C(N)N2c2ccc(NS(=O)(=O)c3cccc(Cl)c3)cc2)cc1. The fourth-order valence-electron chi connectivity index (χ4n) is 3.81. The number of ether oxygens (including phenoxy) is 1. The standard InChI is InChI=1S/C25H21ClN4O4S/c1-33-20-11-5-16(6-12-20)24-28-25-22(13-14-34-25)23(27)30(24)19-9-7-18(8-10-19)29-35(31,32)21-4-2-3-17(26)15-21/h2-15,23,29H,27H2,1H3. The Hall–Kier alpha value is -3.79. The van der Waals surface area contributed by atoms with E-state index in [1.165, 1.54) is 12.1 Å². The number of nitrogens with one attached hydrogen (secondary N) is 1. The fourth-order valence-corrected chi connectivity index (χ4v) is 5.17. The summed E-state index contributed by atoms with van der Waals surface area (Å²) in [7, 11) is -2.19. The lowest BCUT2D eigenvalue weighted by molar-refractivity contribution is 0.415. The number of sulfonamides is 1. The largest absolute Gasteiger partial charge is 0.497 e. The van der Waals surface area contributed by atoms with Gasteiger partial charge in [-0.1, -0.05) is 17.7 Å². The van der Waals surface area contributed by atoms with Gasteiger partial charge in [-0.25, -0.2) is 8.42 Å². The van der Waals surface area contributed by atoms with Crippen molar-refractivity contribution in [3.05, 3.63) is 101 Å². The van der Waals surface area contributed by atoms with Crippen LogP contribution < -0.4 is 20.1 Å². The predicted molar refractivity (Wildman–Crippen MR) is 136 cm³/mol. The highest BCUT2D eigenvalue weighted by molar-refractivity contribution is 7.92. The summed E-state index contributed by atoms with van der Waals surface area (Å²) in [6.45, 7) is 0. The Kier molecular flexibility index (Phi) is 5.98. The monoisotopic (exact) mass is 508 g/mol. The topological polar surface area (TPSA) is 110 Å². The van der Waals surface area contributed by atoms with Crippen LogP contribution in [0.4, 0.5) is 17.3 Å². The number of nitrogens with zero attached hydrogens (tertiary/aromatic N) is 2. The van der Waals surface area contributed by atoms with Crippen molar-refractivity contribution in [2.45, 2.75) is 11.1 Å². The van der Waals surface area contributed by atoms with E-state index in [0.717, 1.165) is 22.6 Å². The molecular weight excluding hydrogens is 488 g/mol. The van der Waals surface area contributed by atoms with Gasteiger partial charge in [0.15, 0.2) is 0 Å². The van der Waals surface area contributed by atoms with Crippen LogP contribution in [0.5, 0.6) is 5.75 Å². The molecule has 8 nitrogen and oxygen atoms in total. The van der Waals surface area contributed by atoms with E-state index >= 15 is 0 Å². The first-order chi connectivity index (χ1) is 16.9. The zero-order chi connectivity index (χ0) is 24.6. The van der Waals surface area contributed by atoms with Crippen molar-refractivity contribution in [2.24, 2.45) is 10.7 Å². The van der Waals surface area contributed by atoms with Gasteiger partial charge in [0.1, 0.15) is 17.8 Å². The smallest absolute Gasteiger partial charge is 0.261 e. The second kappa shape index (κ2) is 9.10. The number of nitrogens with two attached hydrogens (primary N) is 1. The molecule has 0 radical (unpaired) electrons. The average molecular weight is 509 g/mol. The summed E-state index contributed by atoms with van der Waals surface area (Å²) in [5, 5.41) is 0.339. The number of hydrogen-bond donors (Lipinski definition) is 2. The number of rotatable bonds is 6. The molecule has 4 aromatic rings. The van der Waals surface area contributed by atoms with Crippen LogP contribution >= 0.6 is 11.6 Å². The van der Waals surface area contributed by atoms with Crippen LogP contribution in [-0.2, 0) is 10.0 Å². The van der Waals surface area contributed by atoms with E-state index in [1.54, 1.807) is 55.8 Å². The van der Waals surface area contributed by atoms with Crippen molar-refractivity contribution >= 4 is 44.7 Å². The normalized spacial score (nSPS) is 15.3. The van der Waals surface area contributed by atoms with Gasteiger partial charge in [-0.15, -0.1) is 0 Å². The van der Waals surface area contributed by atoms with Crippen molar-refractivity contribution in [3.8, 4) is 5.75 Å². The predicted octanol–water partition coefficient (Wildman–Crippen LogP) is 5.30. The molecule has 1 atom stereocenters. The maximum Gasteiger partial charge on any atom is 0.261 e. The number of hydrogen-bond acceptors (Lipinski definition) is 7. The van der Waals surface area contributed by atoms with Crippen LogP contribution in [0.1, 0.15) is 17.3 Å². The van der Waals surface area contributed by atoms with E-state index in [2.05, 4.69) is 4.72 Å². The maximum atomic E-state index is 12.7. The number of halogens is 1. The highest BCUT2D eigenvalue weighted by Crippen LogP contribution is 2.38. The molecule has 1 aliphatic rings. The van der Waals surface area contributed by atoms with Gasteiger partial charge in [-0.05, 0) is 72.8 Å². The number of fused-ring (bicyclic) bond motifs is 1. The first kappa shape index (κ1) is 23.0. The first-order valence-corrected chi connectivity index (χ1v) is 12.5. The average Bonchev–Trinajstić information content (AvgIpc) is 3.34. The molecule has 0 saturated heterocycles. The molecule has 2 heterocycles. The molecule has 178 valence electrons. The van der Waals surface area contributed by atoms with Crippen molar-refractivity contribution in [1.82, 2.24) is 0 Å². The van der Waals surface area contributed by atoms with E-state index in [4.69, 9.17) is 31.5 Å². The Bertz CT molecular complexity index is 1500. The Labute approximate surface area is 207 Å². The molecule has 0 saturated carbocycles. The van der Waals surface area contributed by atoms with Crippen molar-refractivity contribution < 1.29 is 17.6 Å². The van der Waals surface area contributed by atoms with E-state index in [1.807, 2.05) is 29.2 Å². The van der Waals surface area contributed by atoms with E-state index < -0.39 is 16.2 Å². The minimum Gasteiger partial charge on any atom is -0.497 e. The van der Waals surface area contributed by atoms with Gasteiger partial charge in [0.05, 0.1) is 23.8 Å². The Morgan fingerprint density at radius 1 is 1.06 bits per heavy atom. The summed E-state index contributed by atoms with van der Waals surface area (Å²) in [6, 6.07) is 22.2. The molecular formula is C25H21ClN4O4S. The quantitative estimate of drug-likeness (QED) is 0.366. The van der Waals surface area contributed by atoms with Crippen molar-refractivity contribution in [2.75, 3.05) is 16.7 Å². The summed E-state index contributed by atoms with van der Waals surface area (Å²) < 4.78 is 38.9. The molecule has 5 rings (SSSR count). The summed E-state index contributed by atoms with van der Waals surface area (Å²) in [4.78, 5) is 6.65. The second-order valence-electron chi connectivity index (χ2n) is 7.77.